The van der Waals surface area contributed by atoms with Crippen molar-refractivity contribution in [2.24, 2.45) is 0 Å². The number of carbonyl (C=O) groups excluding carboxylic acids is 1. The topological polar surface area (TPSA) is 61.2 Å². The molecule has 104 valence electrons. The van der Waals surface area contributed by atoms with E-state index < -0.39 is 11.8 Å². The van der Waals surface area contributed by atoms with Crippen molar-refractivity contribution < 1.29 is 13.9 Å². The molecule has 2 rings (SSSR count). The van der Waals surface area contributed by atoms with Gasteiger partial charge in [0.05, 0.1) is 24.9 Å². The molecule has 0 atom stereocenters. The number of aryl methyl sites for hydroxylation is 1. The van der Waals surface area contributed by atoms with Gasteiger partial charge in [-0.2, -0.15) is 5.10 Å². The summed E-state index contributed by atoms with van der Waals surface area (Å²) >= 11 is 0. The number of rotatable bonds is 3. The predicted octanol–water partition coefficient (Wildman–Crippen LogP) is 1.53. The Kier molecular flexibility index (Phi) is 3.93. The van der Waals surface area contributed by atoms with E-state index in [9.17, 15) is 14.0 Å². The minimum atomic E-state index is -0.610. The Balaban J connectivity index is 2.33. The summed E-state index contributed by atoms with van der Waals surface area (Å²) in [4.78, 5) is 22.9. The maximum absolute atomic E-state index is 13.9. The number of nitrogens with zero attached hydrogens (tertiary/aromatic N) is 2. The summed E-state index contributed by atoms with van der Waals surface area (Å²) in [5, 5.41) is 4.03. The monoisotopic (exact) mass is 276 g/mol. The van der Waals surface area contributed by atoms with Crippen LogP contribution in [0.15, 0.2) is 35.1 Å². The van der Waals surface area contributed by atoms with Crippen molar-refractivity contribution in [1.29, 1.82) is 0 Å². The van der Waals surface area contributed by atoms with Crippen molar-refractivity contribution in [2.45, 2.75) is 13.5 Å². The van der Waals surface area contributed by atoms with Crippen LogP contribution in [0, 0.1) is 12.7 Å². The lowest BCUT2D eigenvalue weighted by molar-refractivity contribution is 0.0600. The lowest BCUT2D eigenvalue weighted by Gasteiger charge is -2.07. The van der Waals surface area contributed by atoms with Crippen LogP contribution in [0.1, 0.15) is 21.6 Å². The molecule has 0 amide bonds. The molecule has 0 radical (unpaired) electrons. The number of benzene rings is 1. The van der Waals surface area contributed by atoms with E-state index in [-0.39, 0.29) is 23.2 Å². The molecule has 20 heavy (non-hydrogen) atoms. The number of halogens is 1. The third-order valence-corrected chi connectivity index (χ3v) is 2.79. The van der Waals surface area contributed by atoms with Gasteiger partial charge in [-0.1, -0.05) is 6.07 Å². The molecule has 0 N–H and O–H groups in total. The molecule has 0 saturated carbocycles. The first-order chi connectivity index (χ1) is 9.51. The van der Waals surface area contributed by atoms with Gasteiger partial charge in [-0.25, -0.2) is 13.9 Å². The first-order valence-corrected chi connectivity index (χ1v) is 5.93. The van der Waals surface area contributed by atoms with E-state index in [1.54, 1.807) is 13.0 Å². The number of carbonyl (C=O) groups is 1. The van der Waals surface area contributed by atoms with Crippen molar-refractivity contribution in [3.05, 3.63) is 63.3 Å². The predicted molar refractivity (Wildman–Crippen MR) is 70.1 cm³/mol. The van der Waals surface area contributed by atoms with Crippen LogP contribution in [-0.2, 0) is 11.3 Å². The third-order valence-electron chi connectivity index (χ3n) is 2.79. The summed E-state index contributed by atoms with van der Waals surface area (Å²) in [5.41, 5.74) is 0.749. The SMILES string of the molecule is COC(=O)c1ccc(Cn2nc(C)ccc2=O)c(F)c1. The van der Waals surface area contributed by atoms with Gasteiger partial charge in [0.2, 0.25) is 0 Å². The van der Waals surface area contributed by atoms with E-state index in [0.717, 1.165) is 6.07 Å². The second kappa shape index (κ2) is 5.64. The van der Waals surface area contributed by atoms with Gasteiger partial charge >= 0.3 is 5.97 Å². The summed E-state index contributed by atoms with van der Waals surface area (Å²) in [7, 11) is 1.23. The zero-order valence-corrected chi connectivity index (χ0v) is 11.1. The molecule has 1 aromatic heterocycles. The van der Waals surface area contributed by atoms with Crippen molar-refractivity contribution in [3.63, 3.8) is 0 Å². The highest BCUT2D eigenvalue weighted by Gasteiger charge is 2.11. The van der Waals surface area contributed by atoms with Gasteiger partial charge in [0.25, 0.3) is 5.56 Å². The normalized spacial score (nSPS) is 10.3. The van der Waals surface area contributed by atoms with Gasteiger partial charge in [0.15, 0.2) is 0 Å². The number of hydrogen-bond acceptors (Lipinski definition) is 4. The first kappa shape index (κ1) is 13.9. The van der Waals surface area contributed by atoms with Crippen LogP contribution < -0.4 is 5.56 Å². The molecule has 0 aliphatic carbocycles. The molecular weight excluding hydrogens is 263 g/mol. The van der Waals surface area contributed by atoms with Crippen LogP contribution in [0.5, 0.6) is 0 Å². The van der Waals surface area contributed by atoms with Crippen LogP contribution >= 0.6 is 0 Å². The molecule has 0 aliphatic rings. The second-order valence-corrected chi connectivity index (χ2v) is 4.27. The highest BCUT2D eigenvalue weighted by molar-refractivity contribution is 5.89. The number of methoxy groups -OCH3 is 1. The first-order valence-electron chi connectivity index (χ1n) is 5.93. The van der Waals surface area contributed by atoms with E-state index >= 15 is 0 Å². The Morgan fingerprint density at radius 3 is 2.75 bits per heavy atom. The fourth-order valence-corrected chi connectivity index (χ4v) is 1.75. The average Bonchev–Trinajstić information content (AvgIpc) is 2.44. The third kappa shape index (κ3) is 2.90. The molecule has 5 nitrogen and oxygen atoms in total. The summed E-state index contributed by atoms with van der Waals surface area (Å²) in [6.45, 7) is 1.75. The molecular formula is C14H13FN2O3. The molecule has 1 heterocycles. The molecule has 0 bridgehead atoms. The van der Waals surface area contributed by atoms with Gasteiger partial charge in [-0.3, -0.25) is 4.79 Å². The molecule has 1 aromatic carbocycles. The number of hydrogen-bond donors (Lipinski definition) is 0. The van der Waals surface area contributed by atoms with Gasteiger partial charge in [0.1, 0.15) is 5.82 Å². The molecule has 0 saturated heterocycles. The van der Waals surface area contributed by atoms with E-state index in [2.05, 4.69) is 9.84 Å². The minimum absolute atomic E-state index is 0.00774. The number of esters is 1. The van der Waals surface area contributed by atoms with E-state index in [4.69, 9.17) is 0 Å². The van der Waals surface area contributed by atoms with E-state index in [1.807, 2.05) is 0 Å². The van der Waals surface area contributed by atoms with E-state index in [1.165, 1.54) is 30.0 Å². The molecule has 2 aromatic rings. The Morgan fingerprint density at radius 2 is 2.10 bits per heavy atom. The summed E-state index contributed by atoms with van der Waals surface area (Å²) < 4.78 is 19.6. The van der Waals surface area contributed by atoms with Crippen LogP contribution in [0.4, 0.5) is 4.39 Å². The fraction of sp³-hybridized carbons (Fsp3) is 0.214. The van der Waals surface area contributed by atoms with Gasteiger partial charge in [-0.15, -0.1) is 0 Å². The summed E-state index contributed by atoms with van der Waals surface area (Å²) in [6, 6.07) is 6.95. The number of ether oxygens (including phenoxy) is 1. The zero-order chi connectivity index (χ0) is 14.7. The number of aromatic nitrogens is 2. The lowest BCUT2D eigenvalue weighted by atomic mass is 10.1. The Morgan fingerprint density at radius 1 is 1.35 bits per heavy atom. The van der Waals surface area contributed by atoms with Crippen LogP contribution in [0.2, 0.25) is 0 Å². The van der Waals surface area contributed by atoms with Crippen molar-refractivity contribution in [3.8, 4) is 0 Å². The smallest absolute Gasteiger partial charge is 0.337 e. The van der Waals surface area contributed by atoms with Gasteiger partial charge in [0, 0.05) is 11.6 Å². The van der Waals surface area contributed by atoms with Crippen molar-refractivity contribution >= 4 is 5.97 Å². The molecule has 0 unspecified atom stereocenters. The Hall–Kier alpha value is -2.50. The van der Waals surface area contributed by atoms with Crippen LogP contribution in [-0.4, -0.2) is 22.9 Å². The average molecular weight is 276 g/mol. The van der Waals surface area contributed by atoms with Crippen molar-refractivity contribution in [2.75, 3.05) is 7.11 Å². The standard InChI is InChI=1S/C14H13FN2O3/c1-9-3-6-13(18)17(16-9)8-11-5-4-10(7-12(11)15)14(19)20-2/h3-7H,8H2,1-2H3. The van der Waals surface area contributed by atoms with Gasteiger partial charge < -0.3 is 4.74 Å². The Labute approximate surface area is 114 Å². The summed E-state index contributed by atoms with van der Waals surface area (Å²) in [5.74, 6) is -1.19. The highest BCUT2D eigenvalue weighted by atomic mass is 19.1. The minimum Gasteiger partial charge on any atom is -0.465 e. The van der Waals surface area contributed by atoms with Gasteiger partial charge in [-0.05, 0) is 25.1 Å². The fourth-order valence-electron chi connectivity index (χ4n) is 1.75. The van der Waals surface area contributed by atoms with Crippen LogP contribution in [0.3, 0.4) is 0 Å². The Bertz CT molecular complexity index is 710. The quantitative estimate of drug-likeness (QED) is 0.798. The zero-order valence-electron chi connectivity index (χ0n) is 11.1. The molecule has 0 aliphatic heterocycles. The van der Waals surface area contributed by atoms with Crippen molar-refractivity contribution in [1.82, 2.24) is 9.78 Å². The van der Waals surface area contributed by atoms with E-state index in [0.29, 0.717) is 5.69 Å². The highest BCUT2D eigenvalue weighted by Crippen LogP contribution is 2.12. The molecule has 0 spiro atoms. The lowest BCUT2D eigenvalue weighted by Crippen LogP contribution is -2.23. The second-order valence-electron chi connectivity index (χ2n) is 4.27. The largest absolute Gasteiger partial charge is 0.465 e. The molecule has 6 heteroatoms. The maximum Gasteiger partial charge on any atom is 0.337 e. The maximum atomic E-state index is 13.9. The molecule has 0 fully saturated rings. The summed E-state index contributed by atoms with van der Waals surface area (Å²) in [6.07, 6.45) is 0. The van der Waals surface area contributed by atoms with Crippen LogP contribution in [0.25, 0.3) is 0 Å².